The Morgan fingerprint density at radius 2 is 2.13 bits per heavy atom. The molecule has 1 heterocycles. The van der Waals surface area contributed by atoms with Crippen LogP contribution in [0, 0.1) is 0 Å². The second kappa shape index (κ2) is 8.14. The van der Waals surface area contributed by atoms with E-state index in [4.69, 9.17) is 10.5 Å². The fourth-order valence-corrected chi connectivity index (χ4v) is 2.60. The van der Waals surface area contributed by atoms with E-state index in [0.717, 1.165) is 16.9 Å². The first kappa shape index (κ1) is 16.8. The summed E-state index contributed by atoms with van der Waals surface area (Å²) in [6.45, 7) is 1.79. The number of rotatable bonds is 6. The molecule has 0 fully saturated rings. The Bertz CT molecular complexity index is 706. The minimum Gasteiger partial charge on any atom is -0.496 e. The number of hydrogen-bond donors (Lipinski definition) is 2. The molecule has 0 atom stereocenters. The van der Waals surface area contributed by atoms with Gasteiger partial charge in [-0.3, -0.25) is 0 Å². The van der Waals surface area contributed by atoms with E-state index < -0.39 is 6.03 Å². The molecule has 0 aliphatic heterocycles. The Morgan fingerprint density at radius 1 is 1.39 bits per heavy atom. The number of nitrogens with two attached hydrogens (primary N) is 1. The molecular weight excluding hydrogens is 314 g/mol. The summed E-state index contributed by atoms with van der Waals surface area (Å²) in [6.07, 6.45) is 3.41. The number of aromatic nitrogens is 2. The van der Waals surface area contributed by atoms with Gasteiger partial charge in [-0.2, -0.15) is 5.10 Å². The van der Waals surface area contributed by atoms with Crippen LogP contribution in [0.3, 0.4) is 0 Å². The lowest BCUT2D eigenvalue weighted by molar-refractivity contribution is 0.249. The number of carbonyl (C=O) groups excluding carboxylic acids is 1. The van der Waals surface area contributed by atoms with Gasteiger partial charge in [-0.05, 0) is 36.8 Å². The molecule has 0 radical (unpaired) electrons. The third kappa shape index (κ3) is 4.96. The lowest BCUT2D eigenvalue weighted by Crippen LogP contribution is -2.25. The predicted octanol–water partition coefficient (Wildman–Crippen LogP) is 2.17. The van der Waals surface area contributed by atoms with Crippen molar-refractivity contribution in [1.29, 1.82) is 0 Å². The van der Waals surface area contributed by atoms with Gasteiger partial charge < -0.3 is 10.5 Å². The first-order chi connectivity index (χ1) is 11.1. The van der Waals surface area contributed by atoms with Crippen LogP contribution in [0.2, 0.25) is 0 Å². The normalized spacial score (nSPS) is 11.1. The lowest BCUT2D eigenvalue weighted by Gasteiger charge is -2.10. The van der Waals surface area contributed by atoms with Gasteiger partial charge in [0.05, 0.1) is 12.8 Å². The predicted molar refractivity (Wildman–Crippen MR) is 89.5 cm³/mol. The number of nitrogens with zero attached hydrogens (tertiary/aromatic N) is 3. The van der Waals surface area contributed by atoms with E-state index in [-0.39, 0.29) is 0 Å². The van der Waals surface area contributed by atoms with Crippen LogP contribution in [0.1, 0.15) is 18.1 Å². The van der Waals surface area contributed by atoms with Crippen molar-refractivity contribution in [2.75, 3.05) is 7.11 Å². The first-order valence-corrected chi connectivity index (χ1v) is 7.75. The van der Waals surface area contributed by atoms with Crippen LogP contribution < -0.4 is 15.9 Å². The molecule has 120 valence electrons. The highest BCUT2D eigenvalue weighted by Gasteiger charge is 2.08. The molecule has 0 spiro atoms. The summed E-state index contributed by atoms with van der Waals surface area (Å²) in [5.74, 6) is 1.42. The van der Waals surface area contributed by atoms with Crippen molar-refractivity contribution in [2.45, 2.75) is 17.8 Å². The fourth-order valence-electron chi connectivity index (χ4n) is 1.82. The molecule has 0 saturated carbocycles. The molecule has 0 aliphatic rings. The summed E-state index contributed by atoms with van der Waals surface area (Å²) in [6, 6.07) is 6.76. The summed E-state index contributed by atoms with van der Waals surface area (Å²) < 4.78 is 5.38. The van der Waals surface area contributed by atoms with Crippen LogP contribution in [0.5, 0.6) is 5.75 Å². The van der Waals surface area contributed by atoms with E-state index >= 15 is 0 Å². The molecular formula is C15H17N5O2S. The van der Waals surface area contributed by atoms with Crippen molar-refractivity contribution in [3.05, 3.63) is 47.8 Å². The standard InChI is InChI=1S/C15H17N5O2S/c1-10(19-20-14(16)21)11-4-5-13(22-2)12(8-11)9-23-15-17-6-3-7-18-15/h3-8H,9H2,1-2H3,(H3,16,20,21)/b19-10-. The van der Waals surface area contributed by atoms with Gasteiger partial charge in [-0.25, -0.2) is 20.2 Å². The van der Waals surface area contributed by atoms with Gasteiger partial charge in [-0.1, -0.05) is 11.8 Å². The number of thioether (sulfide) groups is 1. The number of amides is 2. The summed E-state index contributed by atoms with van der Waals surface area (Å²) in [4.78, 5) is 19.1. The van der Waals surface area contributed by atoms with Gasteiger partial charge in [0.1, 0.15) is 5.75 Å². The van der Waals surface area contributed by atoms with Gasteiger partial charge >= 0.3 is 6.03 Å². The zero-order valence-electron chi connectivity index (χ0n) is 12.8. The van der Waals surface area contributed by atoms with Crippen LogP contribution in [0.15, 0.2) is 46.9 Å². The Hall–Kier alpha value is -2.61. The molecule has 3 N–H and O–H groups in total. The molecule has 0 aliphatic carbocycles. The van der Waals surface area contributed by atoms with Crippen LogP contribution in [0.4, 0.5) is 4.79 Å². The fraction of sp³-hybridized carbons (Fsp3) is 0.200. The molecule has 2 amide bonds. The molecule has 2 aromatic rings. The number of carbonyl (C=O) groups is 1. The third-order valence-corrected chi connectivity index (χ3v) is 3.86. The van der Waals surface area contributed by atoms with Gasteiger partial charge in [0.15, 0.2) is 5.16 Å². The van der Waals surface area contributed by atoms with E-state index in [0.29, 0.717) is 16.6 Å². The van der Waals surface area contributed by atoms with E-state index in [1.54, 1.807) is 32.5 Å². The number of ether oxygens (including phenoxy) is 1. The zero-order chi connectivity index (χ0) is 16.7. The van der Waals surface area contributed by atoms with Gasteiger partial charge in [-0.15, -0.1) is 0 Å². The number of primary amides is 1. The van der Waals surface area contributed by atoms with E-state index in [1.165, 1.54) is 11.8 Å². The highest BCUT2D eigenvalue weighted by atomic mass is 32.2. The Balaban J connectivity index is 2.18. The molecule has 0 bridgehead atoms. The number of benzene rings is 1. The second-order valence-electron chi connectivity index (χ2n) is 4.52. The number of hydrazone groups is 1. The van der Waals surface area contributed by atoms with Crippen molar-refractivity contribution in [3.8, 4) is 5.75 Å². The van der Waals surface area contributed by atoms with Crippen molar-refractivity contribution in [2.24, 2.45) is 10.8 Å². The SMILES string of the molecule is COc1ccc(/C(C)=N\NC(N)=O)cc1CSc1ncccn1. The molecule has 2 rings (SSSR count). The number of methoxy groups -OCH3 is 1. The molecule has 8 heteroatoms. The monoisotopic (exact) mass is 331 g/mol. The zero-order valence-corrected chi connectivity index (χ0v) is 13.6. The summed E-state index contributed by atoms with van der Waals surface area (Å²) >= 11 is 1.51. The molecule has 23 heavy (non-hydrogen) atoms. The van der Waals surface area contributed by atoms with Gasteiger partial charge in [0.25, 0.3) is 0 Å². The van der Waals surface area contributed by atoms with Crippen molar-refractivity contribution in [3.63, 3.8) is 0 Å². The summed E-state index contributed by atoms with van der Waals surface area (Å²) in [5.41, 5.74) is 9.73. The minimum atomic E-state index is -0.699. The number of urea groups is 1. The summed E-state index contributed by atoms with van der Waals surface area (Å²) in [5, 5.41) is 4.62. The first-order valence-electron chi connectivity index (χ1n) is 6.77. The van der Waals surface area contributed by atoms with Gasteiger partial charge in [0.2, 0.25) is 0 Å². The highest BCUT2D eigenvalue weighted by molar-refractivity contribution is 7.98. The quantitative estimate of drug-likeness (QED) is 0.365. The smallest absolute Gasteiger partial charge is 0.332 e. The Kier molecular flexibility index (Phi) is 5.93. The molecule has 7 nitrogen and oxygen atoms in total. The maximum atomic E-state index is 10.7. The molecule has 0 unspecified atom stereocenters. The lowest BCUT2D eigenvalue weighted by atomic mass is 10.1. The van der Waals surface area contributed by atoms with E-state index in [1.807, 2.05) is 18.2 Å². The molecule has 1 aromatic carbocycles. The van der Waals surface area contributed by atoms with E-state index in [2.05, 4.69) is 20.5 Å². The number of nitrogens with one attached hydrogen (secondary N) is 1. The maximum absolute atomic E-state index is 10.7. The van der Waals surface area contributed by atoms with Crippen LogP contribution >= 0.6 is 11.8 Å². The third-order valence-electron chi connectivity index (χ3n) is 2.93. The average Bonchev–Trinajstić information content (AvgIpc) is 2.58. The Morgan fingerprint density at radius 3 is 2.78 bits per heavy atom. The van der Waals surface area contributed by atoms with Crippen molar-refractivity contribution < 1.29 is 9.53 Å². The minimum absolute atomic E-state index is 0.647. The van der Waals surface area contributed by atoms with Crippen LogP contribution in [-0.2, 0) is 5.75 Å². The largest absolute Gasteiger partial charge is 0.496 e. The van der Waals surface area contributed by atoms with Crippen LogP contribution in [-0.4, -0.2) is 28.8 Å². The second-order valence-corrected chi connectivity index (χ2v) is 5.46. The average molecular weight is 331 g/mol. The summed E-state index contributed by atoms with van der Waals surface area (Å²) in [7, 11) is 1.62. The molecule has 1 aromatic heterocycles. The topological polar surface area (TPSA) is 102 Å². The van der Waals surface area contributed by atoms with Gasteiger partial charge in [0, 0.05) is 23.7 Å². The van der Waals surface area contributed by atoms with Crippen molar-refractivity contribution >= 4 is 23.5 Å². The highest BCUT2D eigenvalue weighted by Crippen LogP contribution is 2.27. The van der Waals surface area contributed by atoms with Crippen molar-refractivity contribution in [1.82, 2.24) is 15.4 Å². The molecule has 0 saturated heterocycles. The van der Waals surface area contributed by atoms with E-state index in [9.17, 15) is 4.79 Å². The Labute approximate surface area is 138 Å². The number of hydrogen-bond acceptors (Lipinski definition) is 6. The van der Waals surface area contributed by atoms with Crippen LogP contribution in [0.25, 0.3) is 0 Å². The maximum Gasteiger partial charge on any atom is 0.332 e.